The van der Waals surface area contributed by atoms with Crippen LogP contribution in [-0.2, 0) is 9.53 Å². The summed E-state index contributed by atoms with van der Waals surface area (Å²) in [5.41, 5.74) is 2.06. The van der Waals surface area contributed by atoms with Crippen LogP contribution in [0.3, 0.4) is 0 Å². The molecule has 0 saturated carbocycles. The van der Waals surface area contributed by atoms with Crippen molar-refractivity contribution in [3.8, 4) is 10.6 Å². The standard InChI is InChI=1S/C18H16N4O3S2/c1-26-22-14-9-5-8-13(10-14)17(24)25-11-15(23)19-18-21-20-16(27-18)12-6-3-2-4-7-12/h2-10,22H,11H2,1H3,(H,19,21,23). The molecule has 27 heavy (non-hydrogen) atoms. The molecule has 0 fully saturated rings. The van der Waals surface area contributed by atoms with Gasteiger partial charge in [-0.15, -0.1) is 10.2 Å². The SMILES string of the molecule is CSNc1cccc(C(=O)OCC(=O)Nc2nnc(-c3ccccc3)s2)c1. The van der Waals surface area contributed by atoms with E-state index in [1.807, 2.05) is 42.7 Å². The Kier molecular flexibility index (Phi) is 6.39. The highest BCUT2D eigenvalue weighted by Crippen LogP contribution is 2.25. The number of carbonyl (C=O) groups excluding carboxylic acids is 2. The van der Waals surface area contributed by atoms with Crippen LogP contribution in [0.1, 0.15) is 10.4 Å². The number of ether oxygens (including phenoxy) is 1. The summed E-state index contributed by atoms with van der Waals surface area (Å²) in [6.45, 7) is -0.404. The molecule has 0 aliphatic carbocycles. The fourth-order valence-corrected chi connectivity index (χ4v) is 3.30. The van der Waals surface area contributed by atoms with Crippen molar-refractivity contribution in [3.63, 3.8) is 0 Å². The third-order valence-electron chi connectivity index (χ3n) is 3.34. The van der Waals surface area contributed by atoms with Gasteiger partial charge in [0.05, 0.1) is 5.56 Å². The third kappa shape index (κ3) is 5.28. The maximum atomic E-state index is 12.1. The highest BCUT2D eigenvalue weighted by molar-refractivity contribution is 7.99. The Morgan fingerprint density at radius 1 is 1.11 bits per heavy atom. The van der Waals surface area contributed by atoms with Crippen LogP contribution in [0, 0.1) is 0 Å². The summed E-state index contributed by atoms with van der Waals surface area (Å²) in [4.78, 5) is 24.1. The third-order valence-corrected chi connectivity index (χ3v) is 4.67. The summed E-state index contributed by atoms with van der Waals surface area (Å²) in [5.74, 6) is -1.05. The van der Waals surface area contributed by atoms with E-state index in [0.717, 1.165) is 11.3 Å². The summed E-state index contributed by atoms with van der Waals surface area (Å²) in [5, 5.41) is 11.6. The first-order valence-electron chi connectivity index (χ1n) is 7.90. The van der Waals surface area contributed by atoms with E-state index in [9.17, 15) is 9.59 Å². The number of hydrogen-bond donors (Lipinski definition) is 2. The molecule has 2 N–H and O–H groups in total. The maximum absolute atomic E-state index is 12.1. The van der Waals surface area contributed by atoms with Gasteiger partial charge in [0.2, 0.25) is 5.13 Å². The van der Waals surface area contributed by atoms with Crippen molar-refractivity contribution in [1.82, 2.24) is 10.2 Å². The van der Waals surface area contributed by atoms with Gasteiger partial charge >= 0.3 is 5.97 Å². The molecule has 0 bridgehead atoms. The van der Waals surface area contributed by atoms with Gasteiger partial charge < -0.3 is 9.46 Å². The molecule has 0 aliphatic rings. The second-order valence-corrected chi connectivity index (χ2v) is 6.88. The first-order chi connectivity index (χ1) is 13.2. The molecule has 3 rings (SSSR count). The normalized spacial score (nSPS) is 10.3. The fourth-order valence-electron chi connectivity index (χ4n) is 2.17. The van der Waals surface area contributed by atoms with E-state index in [1.165, 1.54) is 23.3 Å². The van der Waals surface area contributed by atoms with Crippen LogP contribution in [0.2, 0.25) is 0 Å². The van der Waals surface area contributed by atoms with Crippen molar-refractivity contribution < 1.29 is 14.3 Å². The second-order valence-electron chi connectivity index (χ2n) is 5.29. The van der Waals surface area contributed by atoms with Crippen molar-refractivity contribution in [2.75, 3.05) is 22.9 Å². The summed E-state index contributed by atoms with van der Waals surface area (Å²) in [6, 6.07) is 16.4. The zero-order valence-electron chi connectivity index (χ0n) is 14.3. The van der Waals surface area contributed by atoms with E-state index < -0.39 is 18.5 Å². The maximum Gasteiger partial charge on any atom is 0.338 e. The second kappa shape index (κ2) is 9.15. The molecule has 1 amide bonds. The minimum atomic E-state index is -0.572. The monoisotopic (exact) mass is 400 g/mol. The molecule has 1 aromatic heterocycles. The molecule has 7 nitrogen and oxygen atoms in total. The molecule has 0 atom stereocenters. The molecular weight excluding hydrogens is 384 g/mol. The minimum absolute atomic E-state index is 0.348. The number of nitrogens with zero attached hydrogens (tertiary/aromatic N) is 2. The zero-order chi connectivity index (χ0) is 19.1. The predicted molar refractivity (Wildman–Crippen MR) is 108 cm³/mol. The lowest BCUT2D eigenvalue weighted by molar-refractivity contribution is -0.119. The van der Waals surface area contributed by atoms with Gasteiger partial charge in [0.25, 0.3) is 5.91 Å². The Labute approximate surface area is 164 Å². The topological polar surface area (TPSA) is 93.2 Å². The first-order valence-corrected chi connectivity index (χ1v) is 9.95. The van der Waals surface area contributed by atoms with Crippen molar-refractivity contribution in [1.29, 1.82) is 0 Å². The molecule has 2 aromatic carbocycles. The number of carbonyl (C=O) groups is 2. The van der Waals surface area contributed by atoms with E-state index in [0.29, 0.717) is 15.7 Å². The van der Waals surface area contributed by atoms with Gasteiger partial charge in [0.15, 0.2) is 6.61 Å². The first kappa shape index (κ1) is 18.9. The van der Waals surface area contributed by atoms with Crippen molar-refractivity contribution in [3.05, 3.63) is 60.2 Å². The molecule has 138 valence electrons. The van der Waals surface area contributed by atoms with Gasteiger partial charge in [0, 0.05) is 17.5 Å². The van der Waals surface area contributed by atoms with Gasteiger partial charge in [0.1, 0.15) is 5.01 Å². The molecule has 0 unspecified atom stereocenters. The number of anilines is 2. The molecule has 9 heteroatoms. The highest BCUT2D eigenvalue weighted by atomic mass is 32.2. The lowest BCUT2D eigenvalue weighted by Gasteiger charge is -2.06. The van der Waals surface area contributed by atoms with Crippen LogP contribution >= 0.6 is 23.3 Å². The summed E-state index contributed by atoms with van der Waals surface area (Å²) in [6.07, 6.45) is 1.88. The van der Waals surface area contributed by atoms with Crippen LogP contribution in [0.25, 0.3) is 10.6 Å². The van der Waals surface area contributed by atoms with Gasteiger partial charge in [-0.1, -0.05) is 59.7 Å². The van der Waals surface area contributed by atoms with E-state index in [2.05, 4.69) is 20.2 Å². The van der Waals surface area contributed by atoms with Crippen LogP contribution in [-0.4, -0.2) is 34.9 Å². The lowest BCUT2D eigenvalue weighted by Crippen LogP contribution is -2.20. The van der Waals surface area contributed by atoms with E-state index >= 15 is 0 Å². The molecule has 1 heterocycles. The van der Waals surface area contributed by atoms with Gasteiger partial charge in [-0.2, -0.15) is 0 Å². The molecule has 0 saturated heterocycles. The summed E-state index contributed by atoms with van der Waals surface area (Å²) >= 11 is 2.66. The molecule has 0 radical (unpaired) electrons. The van der Waals surface area contributed by atoms with Gasteiger partial charge in [-0.3, -0.25) is 10.1 Å². The number of amides is 1. The van der Waals surface area contributed by atoms with E-state index in [4.69, 9.17) is 4.74 Å². The smallest absolute Gasteiger partial charge is 0.338 e. The van der Waals surface area contributed by atoms with Gasteiger partial charge in [-0.05, 0) is 18.2 Å². The Morgan fingerprint density at radius 3 is 2.70 bits per heavy atom. The Hall–Kier alpha value is -2.91. The Balaban J connectivity index is 1.53. The lowest BCUT2D eigenvalue weighted by atomic mass is 10.2. The van der Waals surface area contributed by atoms with Crippen molar-refractivity contribution >= 4 is 46.0 Å². The number of aromatic nitrogens is 2. The number of esters is 1. The molecule has 0 aliphatic heterocycles. The van der Waals surface area contributed by atoms with E-state index in [1.54, 1.807) is 18.2 Å². The van der Waals surface area contributed by atoms with Crippen LogP contribution in [0.4, 0.5) is 10.8 Å². The number of nitrogens with one attached hydrogen (secondary N) is 2. The van der Waals surface area contributed by atoms with Crippen molar-refractivity contribution in [2.24, 2.45) is 0 Å². The average Bonchev–Trinajstić information content (AvgIpc) is 3.16. The van der Waals surface area contributed by atoms with Crippen LogP contribution < -0.4 is 10.0 Å². The number of hydrogen-bond acceptors (Lipinski definition) is 8. The van der Waals surface area contributed by atoms with Gasteiger partial charge in [-0.25, -0.2) is 4.79 Å². The summed E-state index contributed by atoms with van der Waals surface area (Å²) < 4.78 is 8.09. The zero-order valence-corrected chi connectivity index (χ0v) is 16.0. The quantitative estimate of drug-likeness (QED) is 0.461. The van der Waals surface area contributed by atoms with Crippen molar-refractivity contribution in [2.45, 2.75) is 0 Å². The Morgan fingerprint density at radius 2 is 1.93 bits per heavy atom. The largest absolute Gasteiger partial charge is 0.452 e. The van der Waals surface area contributed by atoms with Crippen LogP contribution in [0.15, 0.2) is 54.6 Å². The number of rotatable bonds is 7. The van der Waals surface area contributed by atoms with Crippen LogP contribution in [0.5, 0.6) is 0 Å². The summed E-state index contributed by atoms with van der Waals surface area (Å²) in [7, 11) is 0. The number of benzene rings is 2. The highest BCUT2D eigenvalue weighted by Gasteiger charge is 2.13. The molecular formula is C18H16N4O3S2. The predicted octanol–water partition coefficient (Wildman–Crippen LogP) is 3.69. The average molecular weight is 400 g/mol. The fraction of sp³-hybridized carbons (Fsp3) is 0.111. The molecule has 0 spiro atoms. The van der Waals surface area contributed by atoms with E-state index in [-0.39, 0.29) is 0 Å². The molecule has 3 aromatic rings. The Bertz CT molecular complexity index is 931. The minimum Gasteiger partial charge on any atom is -0.452 e.